The molecule has 2 N–H and O–H groups in total. The molecule has 146 valence electrons. The first-order chi connectivity index (χ1) is 13.2. The smallest absolute Gasteiger partial charge is 0.276 e. The molecule has 0 aliphatic carbocycles. The van der Waals surface area contributed by atoms with Crippen molar-refractivity contribution in [1.29, 1.82) is 0 Å². The molecule has 0 unspecified atom stereocenters. The first kappa shape index (κ1) is 20.0. The van der Waals surface area contributed by atoms with Crippen LogP contribution in [0.3, 0.4) is 0 Å². The molecular formula is C21H24ClN5O. The number of nitrogens with two attached hydrogens (primary N) is 1. The standard InChI is InChI=1S/C21H23N5O.ClH/c1-15-6-5-9-18(10-15)26-14-20(23-24-26)21(27)25-12-17(11-22)19(13-25)16-7-3-2-4-8-16;/h2-10,14,17,19H,11-13,22H2,1H3;1H/t17-,19+;/m1./s1. The van der Waals surface area contributed by atoms with Gasteiger partial charge in [0, 0.05) is 19.0 Å². The van der Waals surface area contributed by atoms with Crippen LogP contribution in [0.2, 0.25) is 0 Å². The SMILES string of the molecule is Cc1cccc(-n2cc(C(=O)N3C[C@@H](CN)[C@H](c4ccccc4)C3)nn2)c1.Cl. The van der Waals surface area contributed by atoms with Crippen molar-refractivity contribution in [3.63, 3.8) is 0 Å². The number of carbonyl (C=O) groups is 1. The maximum atomic E-state index is 13.0. The summed E-state index contributed by atoms with van der Waals surface area (Å²) in [5.41, 5.74) is 9.60. The lowest BCUT2D eigenvalue weighted by Crippen LogP contribution is -2.30. The van der Waals surface area contributed by atoms with E-state index < -0.39 is 0 Å². The van der Waals surface area contributed by atoms with E-state index in [1.807, 2.05) is 54.3 Å². The molecule has 1 aliphatic heterocycles. The molecule has 2 aromatic carbocycles. The largest absolute Gasteiger partial charge is 0.336 e. The number of nitrogens with zero attached hydrogens (tertiary/aromatic N) is 4. The van der Waals surface area contributed by atoms with Crippen molar-refractivity contribution in [3.05, 3.63) is 77.6 Å². The highest BCUT2D eigenvalue weighted by molar-refractivity contribution is 5.92. The van der Waals surface area contributed by atoms with E-state index in [4.69, 9.17) is 5.73 Å². The number of aromatic nitrogens is 3. The number of rotatable bonds is 4. The van der Waals surface area contributed by atoms with E-state index in [1.165, 1.54) is 5.56 Å². The van der Waals surface area contributed by atoms with Gasteiger partial charge in [0.1, 0.15) is 0 Å². The van der Waals surface area contributed by atoms with E-state index in [1.54, 1.807) is 10.9 Å². The molecule has 7 heteroatoms. The summed E-state index contributed by atoms with van der Waals surface area (Å²) < 4.78 is 1.64. The van der Waals surface area contributed by atoms with Crippen LogP contribution in [0.25, 0.3) is 5.69 Å². The summed E-state index contributed by atoms with van der Waals surface area (Å²) in [6.07, 6.45) is 1.70. The zero-order valence-electron chi connectivity index (χ0n) is 15.7. The molecular weight excluding hydrogens is 374 g/mol. The molecule has 6 nitrogen and oxygen atoms in total. The summed E-state index contributed by atoms with van der Waals surface area (Å²) >= 11 is 0. The molecule has 1 amide bonds. The molecule has 1 fully saturated rings. The second-order valence-electron chi connectivity index (χ2n) is 7.11. The van der Waals surface area contributed by atoms with Crippen molar-refractivity contribution in [3.8, 4) is 5.69 Å². The molecule has 0 bridgehead atoms. The molecule has 2 atom stereocenters. The van der Waals surface area contributed by atoms with Crippen molar-refractivity contribution < 1.29 is 4.79 Å². The number of aryl methyl sites for hydroxylation is 1. The van der Waals surface area contributed by atoms with Gasteiger partial charge in [-0.1, -0.05) is 47.7 Å². The second kappa shape index (κ2) is 8.54. The van der Waals surface area contributed by atoms with Crippen molar-refractivity contribution in [2.75, 3.05) is 19.6 Å². The molecule has 28 heavy (non-hydrogen) atoms. The van der Waals surface area contributed by atoms with Gasteiger partial charge in [-0.15, -0.1) is 17.5 Å². The van der Waals surface area contributed by atoms with E-state index in [2.05, 4.69) is 22.4 Å². The zero-order chi connectivity index (χ0) is 18.8. The second-order valence-corrected chi connectivity index (χ2v) is 7.11. The molecule has 1 aromatic heterocycles. The predicted molar refractivity (Wildman–Crippen MR) is 111 cm³/mol. The third kappa shape index (κ3) is 3.93. The Labute approximate surface area is 170 Å². The van der Waals surface area contributed by atoms with Gasteiger partial charge in [-0.2, -0.15) is 0 Å². The molecule has 1 saturated heterocycles. The van der Waals surface area contributed by atoms with Gasteiger partial charge in [0.25, 0.3) is 5.91 Å². The maximum absolute atomic E-state index is 13.0. The predicted octanol–water partition coefficient (Wildman–Crippen LogP) is 2.81. The van der Waals surface area contributed by atoms with E-state index in [0.717, 1.165) is 11.3 Å². The highest BCUT2D eigenvalue weighted by Crippen LogP contribution is 2.32. The van der Waals surface area contributed by atoms with E-state index in [9.17, 15) is 4.79 Å². The summed E-state index contributed by atoms with van der Waals surface area (Å²) in [5.74, 6) is 0.418. The highest BCUT2D eigenvalue weighted by atomic mass is 35.5. The van der Waals surface area contributed by atoms with Crippen LogP contribution in [0.15, 0.2) is 60.8 Å². The fourth-order valence-electron chi connectivity index (χ4n) is 3.77. The van der Waals surface area contributed by atoms with Crippen LogP contribution in [-0.4, -0.2) is 45.4 Å². The van der Waals surface area contributed by atoms with Gasteiger partial charge in [-0.05, 0) is 42.6 Å². The number of amides is 1. The van der Waals surface area contributed by atoms with Crippen LogP contribution in [0.4, 0.5) is 0 Å². The van der Waals surface area contributed by atoms with Crippen molar-refractivity contribution in [1.82, 2.24) is 19.9 Å². The van der Waals surface area contributed by atoms with Crippen LogP contribution in [-0.2, 0) is 0 Å². The first-order valence-electron chi connectivity index (χ1n) is 9.19. The molecule has 0 spiro atoms. The highest BCUT2D eigenvalue weighted by Gasteiger charge is 2.36. The lowest BCUT2D eigenvalue weighted by Gasteiger charge is -2.16. The van der Waals surface area contributed by atoms with Gasteiger partial charge in [0.2, 0.25) is 0 Å². The monoisotopic (exact) mass is 397 g/mol. The first-order valence-corrected chi connectivity index (χ1v) is 9.19. The molecule has 2 heterocycles. The third-order valence-corrected chi connectivity index (χ3v) is 5.24. The van der Waals surface area contributed by atoms with Crippen LogP contribution in [0.1, 0.15) is 27.5 Å². The summed E-state index contributed by atoms with van der Waals surface area (Å²) in [7, 11) is 0. The van der Waals surface area contributed by atoms with Crippen LogP contribution in [0.5, 0.6) is 0 Å². The van der Waals surface area contributed by atoms with Gasteiger partial charge in [-0.25, -0.2) is 4.68 Å². The molecule has 0 radical (unpaired) electrons. The van der Waals surface area contributed by atoms with Gasteiger partial charge < -0.3 is 10.6 Å². The molecule has 4 rings (SSSR count). The number of likely N-dealkylation sites (tertiary alicyclic amines) is 1. The number of benzene rings is 2. The van der Waals surface area contributed by atoms with Crippen molar-refractivity contribution in [2.24, 2.45) is 11.7 Å². The average molecular weight is 398 g/mol. The van der Waals surface area contributed by atoms with Crippen LogP contribution < -0.4 is 5.73 Å². The topological polar surface area (TPSA) is 77.0 Å². The Hall–Kier alpha value is -2.70. The van der Waals surface area contributed by atoms with Crippen LogP contribution in [0, 0.1) is 12.8 Å². The van der Waals surface area contributed by atoms with Crippen LogP contribution >= 0.6 is 12.4 Å². The Kier molecular flexibility index (Phi) is 6.11. The Bertz CT molecular complexity index is 943. The van der Waals surface area contributed by atoms with E-state index in [0.29, 0.717) is 25.3 Å². The lowest BCUT2D eigenvalue weighted by molar-refractivity contribution is 0.0780. The van der Waals surface area contributed by atoms with Crippen molar-refractivity contribution in [2.45, 2.75) is 12.8 Å². The Morgan fingerprint density at radius 1 is 1.14 bits per heavy atom. The van der Waals surface area contributed by atoms with E-state index >= 15 is 0 Å². The fraction of sp³-hybridized carbons (Fsp3) is 0.286. The summed E-state index contributed by atoms with van der Waals surface area (Å²) in [5, 5.41) is 8.24. The molecule has 1 aliphatic rings. The third-order valence-electron chi connectivity index (χ3n) is 5.24. The molecule has 0 saturated carbocycles. The minimum Gasteiger partial charge on any atom is -0.336 e. The van der Waals surface area contributed by atoms with Crippen molar-refractivity contribution >= 4 is 18.3 Å². The quantitative estimate of drug-likeness (QED) is 0.734. The Morgan fingerprint density at radius 2 is 1.93 bits per heavy atom. The number of hydrogen-bond donors (Lipinski definition) is 1. The number of halogens is 1. The lowest BCUT2D eigenvalue weighted by atomic mass is 9.89. The summed E-state index contributed by atoms with van der Waals surface area (Å²) in [6, 6.07) is 18.2. The number of carbonyl (C=O) groups excluding carboxylic acids is 1. The van der Waals surface area contributed by atoms with E-state index in [-0.39, 0.29) is 30.2 Å². The van der Waals surface area contributed by atoms with Gasteiger partial charge in [0.15, 0.2) is 5.69 Å². The van der Waals surface area contributed by atoms with Gasteiger partial charge >= 0.3 is 0 Å². The summed E-state index contributed by atoms with van der Waals surface area (Å²) in [4.78, 5) is 14.8. The van der Waals surface area contributed by atoms with Gasteiger partial charge in [0.05, 0.1) is 11.9 Å². The fourth-order valence-corrected chi connectivity index (χ4v) is 3.77. The normalized spacial score (nSPS) is 18.7. The Morgan fingerprint density at radius 3 is 2.64 bits per heavy atom. The minimum absolute atomic E-state index is 0. The zero-order valence-corrected chi connectivity index (χ0v) is 16.5. The summed E-state index contributed by atoms with van der Waals surface area (Å²) in [6.45, 7) is 3.88. The maximum Gasteiger partial charge on any atom is 0.276 e. The Balaban J connectivity index is 0.00000225. The molecule has 3 aromatic rings. The minimum atomic E-state index is -0.0919. The average Bonchev–Trinajstić information content (AvgIpc) is 3.35. The number of hydrogen-bond acceptors (Lipinski definition) is 4. The van der Waals surface area contributed by atoms with Gasteiger partial charge in [-0.3, -0.25) is 4.79 Å².